The summed E-state index contributed by atoms with van der Waals surface area (Å²) in [7, 11) is 0. The van der Waals surface area contributed by atoms with Crippen LogP contribution in [0.15, 0.2) is 5.16 Å². The summed E-state index contributed by atoms with van der Waals surface area (Å²) < 4.78 is 0. The minimum absolute atomic E-state index is 0. The number of carbonyl (C=O) groups is 1. The molecule has 0 fully saturated rings. The molecule has 0 aliphatic carbocycles. The molecule has 0 aromatic heterocycles. The van der Waals surface area contributed by atoms with Crippen molar-refractivity contribution in [1.82, 2.24) is 0 Å². The van der Waals surface area contributed by atoms with Gasteiger partial charge >= 0.3 is 29.6 Å². The molecular weight excluding hydrogens is 133 g/mol. The maximum atomic E-state index is 9.76. The average Bonchev–Trinajstić information content (AvgIpc) is 1.69. The molecule has 0 heterocycles. The van der Waals surface area contributed by atoms with Gasteiger partial charge in [0, 0.05) is 0 Å². The number of nitriles is 1. The standard InChI is InChI=1S/C3H3N3O2.Na/c4-1-2(6-8)3(5)7;/h(H3,5,7,8);/q;+1/p-1. The van der Waals surface area contributed by atoms with Crippen molar-refractivity contribution in [1.29, 1.82) is 5.26 Å². The minimum Gasteiger partial charge on any atom is -0.661 e. The summed E-state index contributed by atoms with van der Waals surface area (Å²) in [4.78, 5) is 9.76. The summed E-state index contributed by atoms with van der Waals surface area (Å²) in [5.41, 5.74) is 5.38. The van der Waals surface area contributed by atoms with Crippen LogP contribution in [0.5, 0.6) is 0 Å². The summed E-state index contributed by atoms with van der Waals surface area (Å²) in [5.74, 6) is -1.28. The van der Waals surface area contributed by atoms with E-state index in [-0.39, 0.29) is 29.6 Å². The molecule has 6 heteroatoms. The van der Waals surface area contributed by atoms with Crippen LogP contribution in [0.2, 0.25) is 0 Å². The number of oxime groups is 1. The van der Waals surface area contributed by atoms with Crippen LogP contribution in [0.4, 0.5) is 0 Å². The van der Waals surface area contributed by atoms with Crippen molar-refractivity contribution in [2.75, 3.05) is 0 Å². The smallest absolute Gasteiger partial charge is 0.661 e. The van der Waals surface area contributed by atoms with Crippen LogP contribution in [0.25, 0.3) is 5.73 Å². The van der Waals surface area contributed by atoms with Crippen molar-refractivity contribution >= 4 is 11.6 Å². The van der Waals surface area contributed by atoms with Crippen molar-refractivity contribution < 1.29 is 39.6 Å². The van der Waals surface area contributed by atoms with E-state index in [2.05, 4.69) is 5.16 Å². The number of hydrogen-bond donors (Lipinski definition) is 1. The molecule has 5 nitrogen and oxygen atoms in total. The van der Waals surface area contributed by atoms with Gasteiger partial charge in [-0.25, -0.2) is 0 Å². The van der Waals surface area contributed by atoms with E-state index in [0.29, 0.717) is 0 Å². The van der Waals surface area contributed by atoms with Crippen LogP contribution in [0.3, 0.4) is 0 Å². The van der Waals surface area contributed by atoms with E-state index < -0.39 is 11.6 Å². The number of carbonyl (C=O) groups excluding carboxylic acids is 1. The Morgan fingerprint density at radius 1 is 1.78 bits per heavy atom. The molecule has 0 rings (SSSR count). The van der Waals surface area contributed by atoms with E-state index in [1.54, 1.807) is 0 Å². The molecule has 42 valence electrons. The first-order valence-corrected chi connectivity index (χ1v) is 1.60. The summed E-state index contributed by atoms with van der Waals surface area (Å²) in [6, 6.07) is 1.21. The Kier molecular flexibility index (Phi) is 6.96. The van der Waals surface area contributed by atoms with Crippen LogP contribution >= 0.6 is 0 Å². The Morgan fingerprint density at radius 2 is 2.22 bits per heavy atom. The number of hydrogen-bond acceptors (Lipinski definition) is 4. The Hall–Kier alpha value is -0.570. The molecule has 0 bridgehead atoms. The molecular formula is C3H2N3NaO2. The van der Waals surface area contributed by atoms with Gasteiger partial charge in [0.2, 0.25) is 5.71 Å². The molecule has 0 atom stereocenters. The second-order valence-corrected chi connectivity index (χ2v) is 0.890. The van der Waals surface area contributed by atoms with Crippen molar-refractivity contribution in [2.24, 2.45) is 5.16 Å². The number of nitrogens with one attached hydrogen (secondary N) is 1. The largest absolute Gasteiger partial charge is 1.00 e. The first-order valence-electron chi connectivity index (χ1n) is 1.60. The van der Waals surface area contributed by atoms with Crippen molar-refractivity contribution in [3.05, 3.63) is 5.73 Å². The van der Waals surface area contributed by atoms with E-state index in [9.17, 15) is 4.79 Å². The first kappa shape index (κ1) is 11.3. The second kappa shape index (κ2) is 5.56. The van der Waals surface area contributed by atoms with E-state index >= 15 is 0 Å². The molecule has 0 radical (unpaired) electrons. The van der Waals surface area contributed by atoms with Gasteiger partial charge in [-0.2, -0.15) is 5.26 Å². The van der Waals surface area contributed by atoms with Gasteiger partial charge < -0.3 is 15.7 Å². The Bertz CT molecular complexity index is 170. The fraction of sp³-hybridized carbons (Fsp3) is 0. The van der Waals surface area contributed by atoms with Gasteiger partial charge in [0.1, 0.15) is 12.0 Å². The fourth-order valence-corrected chi connectivity index (χ4v) is 0.119. The van der Waals surface area contributed by atoms with Crippen LogP contribution < -0.4 is 29.6 Å². The molecule has 0 aromatic rings. The maximum absolute atomic E-state index is 9.76. The quantitative estimate of drug-likeness (QED) is 0.179. The zero-order valence-corrected chi connectivity index (χ0v) is 6.75. The van der Waals surface area contributed by atoms with E-state index in [0.717, 1.165) is 0 Å². The molecule has 0 aliphatic rings. The second-order valence-electron chi connectivity index (χ2n) is 0.890. The molecule has 0 saturated heterocycles. The molecule has 0 aromatic carbocycles. The number of rotatable bonds is 1. The normalized spacial score (nSPS) is 9.00. The van der Waals surface area contributed by atoms with Crippen molar-refractivity contribution in [3.63, 3.8) is 0 Å². The zero-order chi connectivity index (χ0) is 6.57. The van der Waals surface area contributed by atoms with Crippen LogP contribution in [0, 0.1) is 11.3 Å². The Balaban J connectivity index is 0. The van der Waals surface area contributed by atoms with Crippen LogP contribution in [-0.2, 0) is 4.79 Å². The zero-order valence-electron chi connectivity index (χ0n) is 4.75. The number of amides is 1. The van der Waals surface area contributed by atoms with Crippen molar-refractivity contribution in [3.8, 4) is 6.07 Å². The third-order valence-electron chi connectivity index (χ3n) is 0.421. The van der Waals surface area contributed by atoms with Gasteiger partial charge in [-0.15, -0.1) is 0 Å². The first-order chi connectivity index (χ1) is 3.72. The SMILES string of the molecule is N#CC(=NO)C([NH-])=O.[Na+]. The fourth-order valence-electron chi connectivity index (χ4n) is 0.119. The summed E-state index contributed by atoms with van der Waals surface area (Å²) in [5, 5.41) is 17.8. The molecule has 2 N–H and O–H groups in total. The third kappa shape index (κ3) is 3.97. The maximum Gasteiger partial charge on any atom is 1.00 e. The Morgan fingerprint density at radius 3 is 2.22 bits per heavy atom. The predicted octanol–water partition coefficient (Wildman–Crippen LogP) is -3.08. The molecule has 9 heavy (non-hydrogen) atoms. The summed E-state index contributed by atoms with van der Waals surface area (Å²) >= 11 is 0. The molecule has 0 saturated carbocycles. The van der Waals surface area contributed by atoms with Gasteiger partial charge in [0.15, 0.2) is 0 Å². The van der Waals surface area contributed by atoms with Gasteiger partial charge in [0.05, 0.1) is 0 Å². The number of nitrogens with zero attached hydrogens (tertiary/aromatic N) is 2. The Labute approximate surface area is 73.4 Å². The van der Waals surface area contributed by atoms with E-state index in [4.69, 9.17) is 16.2 Å². The minimum atomic E-state index is -1.28. The third-order valence-corrected chi connectivity index (χ3v) is 0.421. The predicted molar refractivity (Wildman–Crippen MR) is 24.2 cm³/mol. The van der Waals surface area contributed by atoms with Gasteiger partial charge in [0.25, 0.3) is 0 Å². The van der Waals surface area contributed by atoms with Gasteiger partial charge in [-0.05, 0) is 0 Å². The summed E-state index contributed by atoms with van der Waals surface area (Å²) in [6.07, 6.45) is 0. The van der Waals surface area contributed by atoms with Crippen LogP contribution in [-0.4, -0.2) is 16.8 Å². The summed E-state index contributed by atoms with van der Waals surface area (Å²) in [6.45, 7) is 0. The topological polar surface area (TPSA) is 97.2 Å². The van der Waals surface area contributed by atoms with E-state index in [1.165, 1.54) is 6.07 Å². The van der Waals surface area contributed by atoms with Gasteiger partial charge in [-0.1, -0.05) is 5.16 Å². The van der Waals surface area contributed by atoms with Crippen molar-refractivity contribution in [2.45, 2.75) is 0 Å². The molecule has 0 spiro atoms. The molecule has 0 unspecified atom stereocenters. The molecule has 1 amide bonds. The van der Waals surface area contributed by atoms with Crippen LogP contribution in [0.1, 0.15) is 0 Å². The monoisotopic (exact) mass is 135 g/mol. The average molecular weight is 135 g/mol. The van der Waals surface area contributed by atoms with Gasteiger partial charge in [-0.3, -0.25) is 0 Å². The molecule has 0 aliphatic heterocycles. The van der Waals surface area contributed by atoms with E-state index in [1.807, 2.05) is 0 Å².